The molecular weight excluding hydrogens is 432 g/mol. The first-order valence-corrected chi connectivity index (χ1v) is 14.6. The largest absolute Gasteiger partial charge is 0.462 e. The molecule has 4 aliphatic carbocycles. The van der Waals surface area contributed by atoms with Crippen LogP contribution in [-0.4, -0.2) is 17.9 Å². The minimum atomic E-state index is -0.182. The van der Waals surface area contributed by atoms with Gasteiger partial charge in [0.25, 0.3) is 0 Å². The topological polar surface area (TPSA) is 43.4 Å². The number of fused-ring (bicyclic) bond motifs is 4. The Morgan fingerprint density at radius 3 is 2.31 bits per heavy atom. The minimum absolute atomic E-state index is 0.0534. The second kappa shape index (κ2) is 9.02. The van der Waals surface area contributed by atoms with E-state index in [1.54, 1.807) is 0 Å². The summed E-state index contributed by atoms with van der Waals surface area (Å²) in [5.74, 6) is 2.72. The number of carbonyl (C=O) groups is 2. The third-order valence-electron chi connectivity index (χ3n) is 11.9. The molecule has 0 amide bonds. The molecule has 2 fully saturated rings. The molecule has 0 aromatic rings. The first kappa shape index (κ1) is 26.9. The van der Waals surface area contributed by atoms with Crippen LogP contribution in [0.25, 0.3) is 0 Å². The number of ketones is 1. The van der Waals surface area contributed by atoms with E-state index in [0.29, 0.717) is 23.5 Å². The summed E-state index contributed by atoms with van der Waals surface area (Å²) in [6.07, 6.45) is 11.0. The Labute approximate surface area is 215 Å². The quantitative estimate of drug-likeness (QED) is 0.356. The van der Waals surface area contributed by atoms with Crippen molar-refractivity contribution in [3.05, 3.63) is 11.1 Å². The summed E-state index contributed by atoms with van der Waals surface area (Å²) >= 11 is 0. The van der Waals surface area contributed by atoms with Crippen molar-refractivity contribution in [1.29, 1.82) is 0 Å². The highest BCUT2D eigenvalue weighted by Crippen LogP contribution is 2.71. The Kier molecular flexibility index (Phi) is 6.94. The second-order valence-electron chi connectivity index (χ2n) is 14.6. The molecule has 0 heterocycles. The molecule has 0 spiro atoms. The molecule has 35 heavy (non-hydrogen) atoms. The van der Waals surface area contributed by atoms with E-state index in [2.05, 4.69) is 55.4 Å². The van der Waals surface area contributed by atoms with Crippen LogP contribution in [0.15, 0.2) is 11.1 Å². The molecule has 4 rings (SSSR count). The van der Waals surface area contributed by atoms with Crippen LogP contribution in [0.3, 0.4) is 0 Å². The van der Waals surface area contributed by atoms with Crippen LogP contribution >= 0.6 is 0 Å². The molecule has 0 radical (unpaired) electrons. The first-order chi connectivity index (χ1) is 16.2. The number of rotatable bonds is 6. The predicted molar refractivity (Wildman–Crippen MR) is 143 cm³/mol. The molecule has 0 N–H and O–H groups in total. The van der Waals surface area contributed by atoms with Crippen molar-refractivity contribution in [3.8, 4) is 0 Å². The maximum atomic E-state index is 14.2. The van der Waals surface area contributed by atoms with Crippen LogP contribution in [0.4, 0.5) is 0 Å². The van der Waals surface area contributed by atoms with Crippen LogP contribution < -0.4 is 0 Å². The summed E-state index contributed by atoms with van der Waals surface area (Å²) in [6.45, 7) is 20.6. The fourth-order valence-corrected chi connectivity index (χ4v) is 9.88. The van der Waals surface area contributed by atoms with E-state index in [4.69, 9.17) is 4.74 Å². The zero-order valence-electron chi connectivity index (χ0n) is 24.2. The fraction of sp³-hybridized carbons (Fsp3) is 0.875. The smallest absolute Gasteiger partial charge is 0.302 e. The zero-order chi connectivity index (χ0) is 26.0. The number of esters is 1. The lowest BCUT2D eigenvalue weighted by molar-refractivity contribution is -0.168. The van der Waals surface area contributed by atoms with Gasteiger partial charge in [0, 0.05) is 24.3 Å². The van der Waals surface area contributed by atoms with Gasteiger partial charge in [-0.25, -0.2) is 0 Å². The number of hydrogen-bond acceptors (Lipinski definition) is 3. The SMILES string of the molecule is CC(=O)OC1CC[C@]2(C)C3=C(CC[C@H]2C1(C)C)[C@]1(C)CC[C@H]([C@H](C)CCCC(C)C)[C@@]1(C)CC3=O. The van der Waals surface area contributed by atoms with Crippen LogP contribution in [0.2, 0.25) is 0 Å². The van der Waals surface area contributed by atoms with E-state index in [1.165, 1.54) is 50.2 Å². The van der Waals surface area contributed by atoms with Gasteiger partial charge in [-0.15, -0.1) is 0 Å². The fourth-order valence-electron chi connectivity index (χ4n) is 9.88. The molecule has 3 nitrogen and oxygen atoms in total. The van der Waals surface area contributed by atoms with Crippen molar-refractivity contribution >= 4 is 11.8 Å². The van der Waals surface area contributed by atoms with E-state index in [-0.39, 0.29) is 33.7 Å². The van der Waals surface area contributed by atoms with Gasteiger partial charge in [0.2, 0.25) is 0 Å². The number of carbonyl (C=O) groups excluding carboxylic acids is 2. The zero-order valence-corrected chi connectivity index (χ0v) is 24.2. The average Bonchev–Trinajstić information content (AvgIpc) is 3.00. The van der Waals surface area contributed by atoms with E-state index >= 15 is 0 Å². The average molecular weight is 485 g/mol. The van der Waals surface area contributed by atoms with Crippen LogP contribution in [0.5, 0.6) is 0 Å². The molecule has 0 saturated heterocycles. The Bertz CT molecular complexity index is 896. The van der Waals surface area contributed by atoms with Crippen LogP contribution in [0, 0.1) is 45.3 Å². The maximum absolute atomic E-state index is 14.2. The summed E-state index contributed by atoms with van der Waals surface area (Å²) < 4.78 is 5.82. The molecule has 198 valence electrons. The third kappa shape index (κ3) is 4.06. The number of hydrogen-bond donors (Lipinski definition) is 0. The second-order valence-corrected chi connectivity index (χ2v) is 14.6. The minimum Gasteiger partial charge on any atom is -0.462 e. The van der Waals surface area contributed by atoms with Gasteiger partial charge < -0.3 is 4.74 Å². The highest BCUT2D eigenvalue weighted by atomic mass is 16.5. The van der Waals surface area contributed by atoms with Gasteiger partial charge in [-0.2, -0.15) is 0 Å². The molecule has 4 aliphatic rings. The highest BCUT2D eigenvalue weighted by Gasteiger charge is 2.65. The molecule has 2 saturated carbocycles. The first-order valence-electron chi connectivity index (χ1n) is 14.6. The summed E-state index contributed by atoms with van der Waals surface area (Å²) in [5, 5.41) is 0. The number of Topliss-reactive ketones (excluding diaryl/α,β-unsaturated/α-hetero) is 1. The van der Waals surface area contributed by atoms with Crippen molar-refractivity contribution in [2.75, 3.05) is 0 Å². The van der Waals surface area contributed by atoms with E-state index < -0.39 is 0 Å². The number of ether oxygens (including phenoxy) is 1. The lowest BCUT2D eigenvalue weighted by Gasteiger charge is -2.61. The molecule has 0 aromatic carbocycles. The molecule has 0 aliphatic heterocycles. The Hall–Kier alpha value is -1.12. The van der Waals surface area contributed by atoms with Crippen LogP contribution in [0.1, 0.15) is 127 Å². The van der Waals surface area contributed by atoms with E-state index in [0.717, 1.165) is 38.0 Å². The summed E-state index contributed by atoms with van der Waals surface area (Å²) in [6, 6.07) is 0. The molecular formula is C32H52O3. The van der Waals surface area contributed by atoms with Crippen molar-refractivity contribution in [2.24, 2.45) is 45.3 Å². The van der Waals surface area contributed by atoms with E-state index in [1.807, 2.05) is 0 Å². The molecule has 7 atom stereocenters. The molecule has 3 heteroatoms. The van der Waals surface area contributed by atoms with Gasteiger partial charge in [-0.3, -0.25) is 9.59 Å². The third-order valence-corrected chi connectivity index (χ3v) is 11.9. The highest BCUT2D eigenvalue weighted by molar-refractivity contribution is 6.00. The Morgan fingerprint density at radius 1 is 1.00 bits per heavy atom. The monoisotopic (exact) mass is 484 g/mol. The summed E-state index contributed by atoms with van der Waals surface area (Å²) in [4.78, 5) is 26.0. The predicted octanol–water partition coefficient (Wildman–Crippen LogP) is 8.31. The van der Waals surface area contributed by atoms with Crippen molar-refractivity contribution in [1.82, 2.24) is 0 Å². The summed E-state index contributed by atoms with van der Waals surface area (Å²) in [7, 11) is 0. The van der Waals surface area contributed by atoms with Gasteiger partial charge in [0.15, 0.2) is 5.78 Å². The lowest BCUT2D eigenvalue weighted by atomic mass is 9.43. The van der Waals surface area contributed by atoms with E-state index in [9.17, 15) is 9.59 Å². The van der Waals surface area contributed by atoms with Crippen molar-refractivity contribution in [3.63, 3.8) is 0 Å². The molecule has 0 aromatic heterocycles. The van der Waals surface area contributed by atoms with Gasteiger partial charge in [-0.05, 0) is 78.4 Å². The molecule has 1 unspecified atom stereocenters. The standard InChI is InChI=1S/C32H52O3/c1-20(2)11-10-12-21(3)23-15-18-31(8)24-13-14-26-29(5,6)27(35-22(4)33)16-17-30(26,7)28(24)25(34)19-32(23,31)9/h20-21,23,26-27H,10-19H2,1-9H3/t21-,23-,26+,27?,30+,31+,32-/m1/s1. The van der Waals surface area contributed by atoms with Gasteiger partial charge in [0.1, 0.15) is 6.10 Å². The van der Waals surface area contributed by atoms with Crippen molar-refractivity contribution in [2.45, 2.75) is 133 Å². The van der Waals surface area contributed by atoms with Gasteiger partial charge in [0.05, 0.1) is 0 Å². The maximum Gasteiger partial charge on any atom is 0.302 e. The number of allylic oxidation sites excluding steroid dienone is 2. The van der Waals surface area contributed by atoms with Gasteiger partial charge >= 0.3 is 5.97 Å². The lowest BCUT2D eigenvalue weighted by Crippen LogP contribution is -2.57. The summed E-state index contributed by atoms with van der Waals surface area (Å²) in [5.41, 5.74) is 2.72. The van der Waals surface area contributed by atoms with Gasteiger partial charge in [-0.1, -0.05) is 80.2 Å². The Balaban J connectivity index is 1.67. The van der Waals surface area contributed by atoms with Crippen molar-refractivity contribution < 1.29 is 14.3 Å². The van der Waals surface area contributed by atoms with Crippen LogP contribution in [-0.2, 0) is 14.3 Å². The normalized spacial score (nSPS) is 41.3. The Morgan fingerprint density at radius 2 is 1.69 bits per heavy atom. The molecule has 0 bridgehead atoms.